The Balaban J connectivity index is 2.02. The quantitative estimate of drug-likeness (QED) is 0.585. The number of rotatable bonds is 7. The van der Waals surface area contributed by atoms with Crippen LogP contribution in [0.4, 0.5) is 17.1 Å². The summed E-state index contributed by atoms with van der Waals surface area (Å²) in [7, 11) is 0. The van der Waals surface area contributed by atoms with Crippen LogP contribution in [0.5, 0.6) is 0 Å². The minimum Gasteiger partial charge on any atom is -0.385 e. The highest BCUT2D eigenvalue weighted by molar-refractivity contribution is 7.16. The van der Waals surface area contributed by atoms with Gasteiger partial charge in [0.15, 0.2) is 0 Å². The van der Waals surface area contributed by atoms with Gasteiger partial charge in [-0.05, 0) is 31.5 Å². The number of thiophene rings is 1. The molecule has 7 heteroatoms. The molecule has 0 saturated carbocycles. The third-order valence-corrected chi connectivity index (χ3v) is 4.13. The number of nitro groups is 1. The second-order valence-electron chi connectivity index (χ2n) is 4.44. The SMILES string of the molecule is CCNc1cc(NCCc2ccc(Cl)s2)cc([N+](=O)[O-])c1. The predicted molar refractivity (Wildman–Crippen MR) is 88.8 cm³/mol. The van der Waals surface area contributed by atoms with Crippen LogP contribution in [0, 0.1) is 10.1 Å². The average Bonchev–Trinajstić information content (AvgIpc) is 2.84. The third-order valence-electron chi connectivity index (χ3n) is 2.84. The summed E-state index contributed by atoms with van der Waals surface area (Å²) in [5, 5.41) is 17.3. The minimum atomic E-state index is -0.384. The third kappa shape index (κ3) is 4.61. The van der Waals surface area contributed by atoms with E-state index in [1.54, 1.807) is 17.4 Å². The number of benzene rings is 1. The van der Waals surface area contributed by atoms with Crippen molar-refractivity contribution in [1.82, 2.24) is 0 Å². The van der Waals surface area contributed by atoms with Gasteiger partial charge in [0.05, 0.1) is 9.26 Å². The first kappa shape index (κ1) is 15.6. The summed E-state index contributed by atoms with van der Waals surface area (Å²) in [6.45, 7) is 3.37. The summed E-state index contributed by atoms with van der Waals surface area (Å²) in [6.07, 6.45) is 0.830. The Morgan fingerprint density at radius 2 is 1.95 bits per heavy atom. The van der Waals surface area contributed by atoms with Crippen LogP contribution in [0.3, 0.4) is 0 Å². The highest BCUT2D eigenvalue weighted by Crippen LogP contribution is 2.25. The fourth-order valence-electron chi connectivity index (χ4n) is 1.94. The lowest BCUT2D eigenvalue weighted by atomic mass is 10.2. The average molecular weight is 326 g/mol. The molecule has 0 unspecified atom stereocenters. The molecule has 0 fully saturated rings. The Morgan fingerprint density at radius 3 is 2.52 bits per heavy atom. The number of nitro benzene ring substituents is 1. The van der Waals surface area contributed by atoms with Gasteiger partial charge in [-0.15, -0.1) is 11.3 Å². The number of nitrogens with one attached hydrogen (secondary N) is 2. The van der Waals surface area contributed by atoms with Crippen molar-refractivity contribution in [2.75, 3.05) is 23.7 Å². The summed E-state index contributed by atoms with van der Waals surface area (Å²) in [6, 6.07) is 8.82. The van der Waals surface area contributed by atoms with Crippen LogP contribution in [0.1, 0.15) is 11.8 Å². The second-order valence-corrected chi connectivity index (χ2v) is 6.24. The standard InChI is InChI=1S/C14H16ClN3O2S/c1-2-16-10-7-11(9-12(8-10)18(19)20)17-6-5-13-3-4-14(15)21-13/h3-4,7-9,16-17H,2,5-6H2,1H3. The lowest BCUT2D eigenvalue weighted by molar-refractivity contribution is -0.384. The van der Waals surface area contributed by atoms with Gasteiger partial charge in [0.2, 0.25) is 0 Å². The lowest BCUT2D eigenvalue weighted by Crippen LogP contribution is -2.05. The van der Waals surface area contributed by atoms with Gasteiger partial charge in [-0.1, -0.05) is 11.6 Å². The van der Waals surface area contributed by atoms with E-state index < -0.39 is 0 Å². The van der Waals surface area contributed by atoms with Gasteiger partial charge in [0.1, 0.15) is 0 Å². The van der Waals surface area contributed by atoms with Crippen molar-refractivity contribution in [3.8, 4) is 0 Å². The van der Waals surface area contributed by atoms with Crippen LogP contribution in [0.25, 0.3) is 0 Å². The van der Waals surface area contributed by atoms with E-state index in [0.29, 0.717) is 13.1 Å². The molecule has 0 bridgehead atoms. The monoisotopic (exact) mass is 325 g/mol. The van der Waals surface area contributed by atoms with Crippen LogP contribution in [-0.2, 0) is 6.42 Å². The molecular weight excluding hydrogens is 310 g/mol. The van der Waals surface area contributed by atoms with E-state index in [9.17, 15) is 10.1 Å². The molecule has 0 aliphatic carbocycles. The zero-order chi connectivity index (χ0) is 15.2. The molecule has 1 aromatic carbocycles. The van der Waals surface area contributed by atoms with Crippen molar-refractivity contribution in [1.29, 1.82) is 0 Å². The van der Waals surface area contributed by atoms with Crippen LogP contribution in [-0.4, -0.2) is 18.0 Å². The fourth-order valence-corrected chi connectivity index (χ4v) is 3.03. The maximum absolute atomic E-state index is 10.9. The summed E-state index contributed by atoms with van der Waals surface area (Å²) in [5.74, 6) is 0. The minimum absolute atomic E-state index is 0.0788. The molecule has 0 radical (unpaired) electrons. The van der Waals surface area contributed by atoms with Crippen molar-refractivity contribution in [3.05, 3.63) is 49.7 Å². The van der Waals surface area contributed by atoms with Crippen LogP contribution < -0.4 is 10.6 Å². The predicted octanol–water partition coefficient (Wildman–Crippen LogP) is 4.40. The molecular formula is C14H16ClN3O2S. The number of non-ortho nitro benzene ring substituents is 1. The molecule has 1 aromatic heterocycles. The number of nitrogens with zero attached hydrogens (tertiary/aromatic N) is 1. The van der Waals surface area contributed by atoms with Gasteiger partial charge in [-0.25, -0.2) is 0 Å². The first-order chi connectivity index (χ1) is 10.1. The molecule has 0 aliphatic rings. The van der Waals surface area contributed by atoms with Gasteiger partial charge in [0.25, 0.3) is 5.69 Å². The Morgan fingerprint density at radius 1 is 1.24 bits per heavy atom. The topological polar surface area (TPSA) is 67.2 Å². The molecule has 2 aromatic rings. The van der Waals surface area contributed by atoms with Gasteiger partial charge in [-0.2, -0.15) is 0 Å². The summed E-state index contributed by atoms with van der Waals surface area (Å²) in [4.78, 5) is 11.7. The Kier molecular flexibility index (Phi) is 5.41. The van der Waals surface area contributed by atoms with Crippen molar-refractivity contribution in [2.45, 2.75) is 13.3 Å². The molecule has 2 rings (SSSR count). The molecule has 1 heterocycles. The zero-order valence-corrected chi connectivity index (χ0v) is 13.1. The van der Waals surface area contributed by atoms with Crippen molar-refractivity contribution in [2.24, 2.45) is 0 Å². The van der Waals surface area contributed by atoms with E-state index in [0.717, 1.165) is 22.1 Å². The van der Waals surface area contributed by atoms with Crippen molar-refractivity contribution >= 4 is 40.0 Å². The molecule has 112 valence electrons. The van der Waals surface area contributed by atoms with E-state index in [-0.39, 0.29) is 10.6 Å². The van der Waals surface area contributed by atoms with Crippen LogP contribution >= 0.6 is 22.9 Å². The van der Waals surface area contributed by atoms with Gasteiger partial charge in [0, 0.05) is 41.5 Å². The maximum atomic E-state index is 10.9. The van der Waals surface area contributed by atoms with E-state index in [4.69, 9.17) is 11.6 Å². The zero-order valence-electron chi connectivity index (χ0n) is 11.6. The first-order valence-corrected chi connectivity index (χ1v) is 7.79. The van der Waals surface area contributed by atoms with Crippen molar-refractivity contribution < 1.29 is 4.92 Å². The summed E-state index contributed by atoms with van der Waals surface area (Å²) < 4.78 is 0.773. The van der Waals surface area contributed by atoms with E-state index in [1.807, 2.05) is 25.1 Å². The molecule has 0 aliphatic heterocycles. The Hall–Kier alpha value is -1.79. The molecule has 21 heavy (non-hydrogen) atoms. The highest BCUT2D eigenvalue weighted by atomic mass is 35.5. The molecule has 0 atom stereocenters. The molecule has 2 N–H and O–H groups in total. The summed E-state index contributed by atoms with van der Waals surface area (Å²) in [5.41, 5.74) is 1.56. The molecule has 5 nitrogen and oxygen atoms in total. The first-order valence-electron chi connectivity index (χ1n) is 6.60. The largest absolute Gasteiger partial charge is 0.385 e. The second kappa shape index (κ2) is 7.28. The molecule has 0 spiro atoms. The number of hydrogen-bond donors (Lipinski definition) is 2. The Labute approximate surface area is 132 Å². The van der Waals surface area contributed by atoms with Crippen LogP contribution in [0.2, 0.25) is 4.34 Å². The van der Waals surface area contributed by atoms with Crippen molar-refractivity contribution in [3.63, 3.8) is 0 Å². The van der Waals surface area contributed by atoms with Gasteiger partial charge in [-0.3, -0.25) is 10.1 Å². The lowest BCUT2D eigenvalue weighted by Gasteiger charge is -2.09. The fraction of sp³-hybridized carbons (Fsp3) is 0.286. The number of halogens is 1. The Bertz CT molecular complexity index is 630. The van der Waals surface area contributed by atoms with Gasteiger partial charge < -0.3 is 10.6 Å². The smallest absolute Gasteiger partial charge is 0.273 e. The number of anilines is 2. The normalized spacial score (nSPS) is 10.4. The molecule has 0 saturated heterocycles. The van der Waals surface area contributed by atoms with E-state index in [1.165, 1.54) is 10.9 Å². The van der Waals surface area contributed by atoms with E-state index in [2.05, 4.69) is 10.6 Å². The van der Waals surface area contributed by atoms with Gasteiger partial charge >= 0.3 is 0 Å². The summed E-state index contributed by atoms with van der Waals surface area (Å²) >= 11 is 7.43. The number of hydrogen-bond acceptors (Lipinski definition) is 5. The maximum Gasteiger partial charge on any atom is 0.273 e. The van der Waals surface area contributed by atoms with E-state index >= 15 is 0 Å². The van der Waals surface area contributed by atoms with Crippen LogP contribution in [0.15, 0.2) is 30.3 Å². The highest BCUT2D eigenvalue weighted by Gasteiger charge is 2.09. The molecule has 0 amide bonds.